The van der Waals surface area contributed by atoms with Crippen LogP contribution in [-0.4, -0.2) is 40.1 Å². The van der Waals surface area contributed by atoms with Crippen molar-refractivity contribution in [2.75, 3.05) is 13.1 Å². The van der Waals surface area contributed by atoms with Crippen LogP contribution in [-0.2, 0) is 11.3 Å². The molecule has 0 radical (unpaired) electrons. The van der Waals surface area contributed by atoms with Gasteiger partial charge in [-0.05, 0) is 57.0 Å². The number of amides is 1. The lowest BCUT2D eigenvalue weighted by Crippen LogP contribution is -2.45. The fourth-order valence-corrected chi connectivity index (χ4v) is 3.76. The van der Waals surface area contributed by atoms with Gasteiger partial charge in [-0.2, -0.15) is 0 Å². The summed E-state index contributed by atoms with van der Waals surface area (Å²) in [6.07, 6.45) is 4.04. The molecule has 1 N–H and O–H groups in total. The van der Waals surface area contributed by atoms with E-state index in [-0.39, 0.29) is 17.9 Å². The fraction of sp³-hybridized carbons (Fsp3) is 0.550. The van der Waals surface area contributed by atoms with Gasteiger partial charge in [-0.3, -0.25) is 9.69 Å². The topological polar surface area (TPSA) is 71.3 Å². The van der Waals surface area contributed by atoms with E-state index in [4.69, 9.17) is 4.42 Å². The first-order valence-electron chi connectivity index (χ1n) is 9.66. The number of rotatable bonds is 7. The maximum Gasteiger partial charge on any atom is 0.247 e. The van der Waals surface area contributed by atoms with Gasteiger partial charge in [0.15, 0.2) is 0 Å². The van der Waals surface area contributed by atoms with E-state index in [1.807, 2.05) is 24.3 Å². The summed E-state index contributed by atoms with van der Waals surface area (Å²) in [5, 5.41) is 11.5. The summed E-state index contributed by atoms with van der Waals surface area (Å²) < 4.78 is 6.84. The van der Waals surface area contributed by atoms with Crippen molar-refractivity contribution in [1.29, 1.82) is 0 Å². The highest BCUT2D eigenvalue weighted by Crippen LogP contribution is 2.23. The van der Waals surface area contributed by atoms with E-state index in [0.29, 0.717) is 18.3 Å². The van der Waals surface area contributed by atoms with E-state index in [2.05, 4.69) is 50.2 Å². The zero-order chi connectivity index (χ0) is 19.2. The van der Waals surface area contributed by atoms with E-state index in [1.54, 1.807) is 0 Å². The Balaban J connectivity index is 1.56. The molecule has 7 heteroatoms. The van der Waals surface area contributed by atoms with E-state index in [9.17, 15) is 4.79 Å². The van der Waals surface area contributed by atoms with Crippen LogP contribution in [0.2, 0.25) is 0 Å². The third-order valence-corrected chi connectivity index (χ3v) is 5.43. The molecule has 1 aliphatic heterocycles. The van der Waals surface area contributed by atoms with Crippen LogP contribution in [0.3, 0.4) is 0 Å². The molecule has 0 saturated carbocycles. The van der Waals surface area contributed by atoms with Crippen LogP contribution in [0.4, 0.5) is 0 Å². The van der Waals surface area contributed by atoms with E-state index in [0.717, 1.165) is 48.8 Å². The van der Waals surface area contributed by atoms with E-state index in [1.165, 1.54) is 0 Å². The normalized spacial score (nSPS) is 19.0. The van der Waals surface area contributed by atoms with Gasteiger partial charge in [0, 0.05) is 22.6 Å². The molecular weight excluding hydrogens is 408 g/mol. The van der Waals surface area contributed by atoms with Gasteiger partial charge in [-0.1, -0.05) is 29.3 Å². The number of benzene rings is 1. The Hall–Kier alpha value is -1.73. The standard InChI is InChI=1S/C20H27BrN4O2/c1-3-5-14(2)22-19(26)16-6-4-11-25(12-16)13-18-23-24-20(27-18)15-7-9-17(21)10-8-15/h7-10,14,16H,3-6,11-13H2,1-2H3,(H,22,26). The number of hydrogen-bond acceptors (Lipinski definition) is 5. The molecule has 2 heterocycles. The van der Waals surface area contributed by atoms with Crippen LogP contribution in [0.25, 0.3) is 11.5 Å². The number of carbonyl (C=O) groups excluding carboxylic acids is 1. The largest absolute Gasteiger partial charge is 0.419 e. The van der Waals surface area contributed by atoms with Gasteiger partial charge in [-0.25, -0.2) is 0 Å². The van der Waals surface area contributed by atoms with E-state index >= 15 is 0 Å². The Kier molecular flexibility index (Phi) is 7.01. The van der Waals surface area contributed by atoms with Crippen LogP contribution < -0.4 is 5.32 Å². The zero-order valence-corrected chi connectivity index (χ0v) is 17.5. The lowest BCUT2D eigenvalue weighted by Gasteiger charge is -2.31. The Morgan fingerprint density at radius 2 is 2.15 bits per heavy atom. The summed E-state index contributed by atoms with van der Waals surface area (Å²) in [5.41, 5.74) is 0.901. The quantitative estimate of drug-likeness (QED) is 0.712. The number of likely N-dealkylation sites (tertiary alicyclic amines) is 1. The van der Waals surface area contributed by atoms with Gasteiger partial charge in [0.25, 0.3) is 0 Å². The van der Waals surface area contributed by atoms with Crippen LogP contribution in [0.15, 0.2) is 33.2 Å². The molecule has 1 aromatic carbocycles. The van der Waals surface area contributed by atoms with Gasteiger partial charge < -0.3 is 9.73 Å². The minimum atomic E-state index is 0.0342. The smallest absolute Gasteiger partial charge is 0.247 e. The summed E-state index contributed by atoms with van der Waals surface area (Å²) in [4.78, 5) is 14.7. The number of nitrogens with one attached hydrogen (secondary N) is 1. The highest BCUT2D eigenvalue weighted by Gasteiger charge is 2.27. The minimum absolute atomic E-state index is 0.0342. The first-order valence-corrected chi connectivity index (χ1v) is 10.5. The average molecular weight is 435 g/mol. The third kappa shape index (κ3) is 5.62. The number of aromatic nitrogens is 2. The highest BCUT2D eigenvalue weighted by atomic mass is 79.9. The van der Waals surface area contributed by atoms with Crippen molar-refractivity contribution in [2.45, 2.75) is 52.1 Å². The lowest BCUT2D eigenvalue weighted by molar-refractivity contribution is -0.127. The van der Waals surface area contributed by atoms with Crippen LogP contribution in [0.5, 0.6) is 0 Å². The number of carbonyl (C=O) groups is 1. The molecule has 27 heavy (non-hydrogen) atoms. The molecule has 1 saturated heterocycles. The van der Waals surface area contributed by atoms with Crippen molar-refractivity contribution >= 4 is 21.8 Å². The lowest BCUT2D eigenvalue weighted by atomic mass is 9.96. The number of halogens is 1. The van der Waals surface area contributed by atoms with Crippen molar-refractivity contribution < 1.29 is 9.21 Å². The van der Waals surface area contributed by atoms with Crippen molar-refractivity contribution in [3.05, 3.63) is 34.6 Å². The van der Waals surface area contributed by atoms with E-state index < -0.39 is 0 Å². The van der Waals surface area contributed by atoms with Crippen molar-refractivity contribution in [1.82, 2.24) is 20.4 Å². The van der Waals surface area contributed by atoms with Gasteiger partial charge in [0.2, 0.25) is 17.7 Å². The Morgan fingerprint density at radius 3 is 2.89 bits per heavy atom. The van der Waals surface area contributed by atoms with Gasteiger partial charge >= 0.3 is 0 Å². The SMILES string of the molecule is CCCC(C)NC(=O)C1CCCN(Cc2nnc(-c3ccc(Br)cc3)o2)C1. The molecule has 0 spiro atoms. The molecule has 1 aromatic heterocycles. The molecular formula is C20H27BrN4O2. The highest BCUT2D eigenvalue weighted by molar-refractivity contribution is 9.10. The van der Waals surface area contributed by atoms with Gasteiger partial charge in [0.1, 0.15) is 0 Å². The molecule has 0 aliphatic carbocycles. The average Bonchev–Trinajstić information content (AvgIpc) is 3.11. The number of piperidine rings is 1. The zero-order valence-electron chi connectivity index (χ0n) is 15.9. The second kappa shape index (κ2) is 9.46. The first kappa shape index (κ1) is 20.0. The fourth-order valence-electron chi connectivity index (χ4n) is 3.50. The van der Waals surface area contributed by atoms with Gasteiger partial charge in [-0.15, -0.1) is 10.2 Å². The van der Waals surface area contributed by atoms with Crippen molar-refractivity contribution in [3.63, 3.8) is 0 Å². The molecule has 146 valence electrons. The Morgan fingerprint density at radius 1 is 1.37 bits per heavy atom. The molecule has 2 aromatic rings. The summed E-state index contributed by atoms with van der Waals surface area (Å²) in [5.74, 6) is 1.32. The first-order chi connectivity index (χ1) is 13.0. The molecule has 0 bridgehead atoms. The maximum atomic E-state index is 12.5. The number of hydrogen-bond donors (Lipinski definition) is 1. The summed E-state index contributed by atoms with van der Waals surface area (Å²) in [6, 6.07) is 8.03. The summed E-state index contributed by atoms with van der Waals surface area (Å²) in [6.45, 7) is 6.48. The molecule has 6 nitrogen and oxygen atoms in total. The second-order valence-corrected chi connectivity index (χ2v) is 8.20. The van der Waals surface area contributed by atoms with Crippen molar-refractivity contribution in [2.24, 2.45) is 5.92 Å². The Bertz CT molecular complexity index is 747. The summed E-state index contributed by atoms with van der Waals surface area (Å²) >= 11 is 3.42. The van der Waals surface area contributed by atoms with Crippen LogP contribution >= 0.6 is 15.9 Å². The third-order valence-electron chi connectivity index (χ3n) is 4.90. The summed E-state index contributed by atoms with van der Waals surface area (Å²) in [7, 11) is 0. The molecule has 1 amide bonds. The molecule has 2 atom stereocenters. The monoisotopic (exact) mass is 434 g/mol. The molecule has 1 aliphatic rings. The number of nitrogens with zero attached hydrogens (tertiary/aromatic N) is 3. The second-order valence-electron chi connectivity index (χ2n) is 7.28. The molecule has 1 fully saturated rings. The maximum absolute atomic E-state index is 12.5. The molecule has 2 unspecified atom stereocenters. The molecule has 3 rings (SSSR count). The van der Waals surface area contributed by atoms with Gasteiger partial charge in [0.05, 0.1) is 12.5 Å². The predicted molar refractivity (Wildman–Crippen MR) is 108 cm³/mol. The predicted octanol–water partition coefficient (Wildman–Crippen LogP) is 4.02. The minimum Gasteiger partial charge on any atom is -0.419 e. The van der Waals surface area contributed by atoms with Crippen molar-refractivity contribution in [3.8, 4) is 11.5 Å². The van der Waals surface area contributed by atoms with Crippen LogP contribution in [0.1, 0.15) is 45.4 Å². The Labute approximate surface area is 168 Å². The van der Waals surface area contributed by atoms with Crippen LogP contribution in [0, 0.1) is 5.92 Å².